The second kappa shape index (κ2) is 5.45. The number of hydrogen-bond donors (Lipinski definition) is 1. The van der Waals surface area contributed by atoms with Crippen molar-refractivity contribution in [1.29, 1.82) is 0 Å². The van der Waals surface area contributed by atoms with Gasteiger partial charge in [0.25, 0.3) is 0 Å². The number of carbonyl (C=O) groups excluding carboxylic acids is 1. The molecule has 0 atom stereocenters. The van der Waals surface area contributed by atoms with Crippen molar-refractivity contribution in [3.05, 3.63) is 27.2 Å². The minimum absolute atomic E-state index is 0.106. The summed E-state index contributed by atoms with van der Waals surface area (Å²) in [5.41, 5.74) is 4.95. The van der Waals surface area contributed by atoms with Gasteiger partial charge in [-0.05, 0) is 12.1 Å². The Kier molecular flexibility index (Phi) is 4.51. The third kappa shape index (κ3) is 3.78. The Balaban J connectivity index is 2.72. The molecule has 0 aliphatic carbocycles. The van der Waals surface area contributed by atoms with Crippen LogP contribution >= 0.6 is 34.8 Å². The number of hydrogen-bond acceptors (Lipinski definition) is 2. The third-order valence-corrected chi connectivity index (χ3v) is 2.34. The van der Waals surface area contributed by atoms with Gasteiger partial charge in [0.15, 0.2) is 5.75 Å². The molecule has 2 N–H and O–H groups in total. The second-order valence-corrected chi connectivity index (χ2v) is 4.01. The highest BCUT2D eigenvalue weighted by Crippen LogP contribution is 2.35. The van der Waals surface area contributed by atoms with Crippen molar-refractivity contribution in [3.8, 4) is 5.75 Å². The van der Waals surface area contributed by atoms with Gasteiger partial charge in [0.05, 0.1) is 23.1 Å². The molecular formula is C9H8Cl3NO2. The van der Waals surface area contributed by atoms with E-state index < -0.39 is 5.91 Å². The molecule has 1 aromatic rings. The normalized spacial score (nSPS) is 10.1. The lowest BCUT2D eigenvalue weighted by Crippen LogP contribution is -2.14. The van der Waals surface area contributed by atoms with Crippen LogP contribution in [-0.4, -0.2) is 12.5 Å². The standard InChI is InChI=1S/C9H8Cl3NO2/c10-5-3-6(11)9(7(12)4-5)15-2-1-8(13)14/h3-4H,1-2H2,(H2,13,14). The van der Waals surface area contributed by atoms with E-state index in [2.05, 4.69) is 0 Å². The number of halogens is 3. The number of ether oxygens (including phenoxy) is 1. The zero-order valence-electron chi connectivity index (χ0n) is 7.60. The minimum Gasteiger partial charge on any atom is -0.490 e. The second-order valence-electron chi connectivity index (χ2n) is 2.76. The maximum Gasteiger partial charge on any atom is 0.220 e. The number of nitrogens with two attached hydrogens (primary N) is 1. The van der Waals surface area contributed by atoms with Gasteiger partial charge in [-0.1, -0.05) is 34.8 Å². The van der Waals surface area contributed by atoms with Crippen molar-refractivity contribution in [1.82, 2.24) is 0 Å². The zero-order chi connectivity index (χ0) is 11.4. The molecule has 0 unspecified atom stereocenters. The Morgan fingerprint density at radius 3 is 2.27 bits per heavy atom. The number of primary amides is 1. The number of carbonyl (C=O) groups is 1. The first-order valence-electron chi connectivity index (χ1n) is 4.06. The quantitative estimate of drug-likeness (QED) is 0.913. The monoisotopic (exact) mass is 267 g/mol. The maximum absolute atomic E-state index is 10.5. The van der Waals surface area contributed by atoms with Gasteiger partial charge in [-0.25, -0.2) is 0 Å². The Morgan fingerprint density at radius 1 is 1.27 bits per heavy atom. The summed E-state index contributed by atoms with van der Waals surface area (Å²) in [7, 11) is 0. The fraction of sp³-hybridized carbons (Fsp3) is 0.222. The van der Waals surface area contributed by atoms with Crippen LogP contribution in [0.1, 0.15) is 6.42 Å². The van der Waals surface area contributed by atoms with Crippen LogP contribution in [0.25, 0.3) is 0 Å². The van der Waals surface area contributed by atoms with Crippen LogP contribution in [0.5, 0.6) is 5.75 Å². The molecule has 0 aliphatic heterocycles. The van der Waals surface area contributed by atoms with Crippen molar-refractivity contribution in [2.45, 2.75) is 6.42 Å². The molecule has 0 aromatic heterocycles. The molecule has 1 amide bonds. The highest BCUT2D eigenvalue weighted by molar-refractivity contribution is 6.40. The Bertz CT molecular complexity index is 359. The zero-order valence-corrected chi connectivity index (χ0v) is 9.86. The summed E-state index contributed by atoms with van der Waals surface area (Å²) >= 11 is 17.4. The summed E-state index contributed by atoms with van der Waals surface area (Å²) in [6, 6.07) is 3.02. The SMILES string of the molecule is NC(=O)CCOc1c(Cl)cc(Cl)cc1Cl. The first kappa shape index (κ1) is 12.4. The van der Waals surface area contributed by atoms with Crippen LogP contribution in [-0.2, 0) is 4.79 Å². The van der Waals surface area contributed by atoms with Crippen molar-refractivity contribution >= 4 is 40.7 Å². The average molecular weight is 269 g/mol. The molecular weight excluding hydrogens is 260 g/mol. The minimum atomic E-state index is -0.448. The molecule has 6 heteroatoms. The highest BCUT2D eigenvalue weighted by atomic mass is 35.5. The van der Waals surface area contributed by atoms with Gasteiger partial charge >= 0.3 is 0 Å². The molecule has 82 valence electrons. The number of rotatable bonds is 4. The topological polar surface area (TPSA) is 52.3 Å². The third-order valence-electron chi connectivity index (χ3n) is 1.56. The van der Waals surface area contributed by atoms with Crippen LogP contribution in [0.2, 0.25) is 15.1 Å². The van der Waals surface area contributed by atoms with Gasteiger partial charge in [-0.15, -0.1) is 0 Å². The lowest BCUT2D eigenvalue weighted by Gasteiger charge is -2.09. The van der Waals surface area contributed by atoms with Crippen LogP contribution in [0.15, 0.2) is 12.1 Å². The molecule has 3 nitrogen and oxygen atoms in total. The van der Waals surface area contributed by atoms with Crippen LogP contribution in [0.4, 0.5) is 0 Å². The summed E-state index contributed by atoms with van der Waals surface area (Å²) in [5, 5.41) is 1.03. The van der Waals surface area contributed by atoms with Crippen molar-refractivity contribution in [3.63, 3.8) is 0 Å². The van der Waals surface area contributed by atoms with E-state index in [4.69, 9.17) is 45.3 Å². The molecule has 0 heterocycles. The summed E-state index contributed by atoms with van der Waals surface area (Å²) in [6.07, 6.45) is 0.106. The number of benzene rings is 1. The van der Waals surface area contributed by atoms with E-state index in [-0.39, 0.29) is 13.0 Å². The maximum atomic E-state index is 10.5. The first-order valence-corrected chi connectivity index (χ1v) is 5.19. The van der Waals surface area contributed by atoms with Crippen LogP contribution in [0.3, 0.4) is 0 Å². The van der Waals surface area contributed by atoms with Crippen LogP contribution < -0.4 is 10.5 Å². The van der Waals surface area contributed by atoms with Crippen molar-refractivity contribution in [2.24, 2.45) is 5.73 Å². The van der Waals surface area contributed by atoms with E-state index in [1.807, 2.05) is 0 Å². The largest absolute Gasteiger partial charge is 0.490 e. The van der Waals surface area contributed by atoms with Gasteiger partial charge in [-0.3, -0.25) is 4.79 Å². The van der Waals surface area contributed by atoms with Crippen LogP contribution in [0, 0.1) is 0 Å². The molecule has 0 aliphatic rings. The van der Waals surface area contributed by atoms with E-state index in [1.165, 1.54) is 12.1 Å². The molecule has 0 spiro atoms. The summed E-state index contributed by atoms with van der Waals surface area (Å²) < 4.78 is 5.21. The van der Waals surface area contributed by atoms with Gasteiger partial charge in [0, 0.05) is 5.02 Å². The molecule has 1 aromatic carbocycles. The summed E-state index contributed by atoms with van der Waals surface area (Å²) in [6.45, 7) is 0.135. The first-order chi connectivity index (χ1) is 7.00. The van der Waals surface area contributed by atoms with Gasteiger partial charge in [0.2, 0.25) is 5.91 Å². The van der Waals surface area contributed by atoms with E-state index in [9.17, 15) is 4.79 Å². The predicted molar refractivity (Wildman–Crippen MR) is 60.8 cm³/mol. The molecule has 0 radical (unpaired) electrons. The summed E-state index contributed by atoms with van der Waals surface area (Å²) in [4.78, 5) is 10.5. The van der Waals surface area contributed by atoms with Gasteiger partial charge in [0.1, 0.15) is 0 Å². The molecule has 0 saturated heterocycles. The Hall–Kier alpha value is -0.640. The molecule has 0 fully saturated rings. The average Bonchev–Trinajstić information content (AvgIpc) is 2.08. The molecule has 1 rings (SSSR count). The predicted octanol–water partition coefficient (Wildman–Crippen LogP) is 2.90. The number of amides is 1. The fourth-order valence-electron chi connectivity index (χ4n) is 0.921. The molecule has 0 saturated carbocycles. The lowest BCUT2D eigenvalue weighted by atomic mass is 10.3. The Morgan fingerprint density at radius 2 is 1.80 bits per heavy atom. The van der Waals surface area contributed by atoms with Crippen molar-refractivity contribution < 1.29 is 9.53 Å². The van der Waals surface area contributed by atoms with E-state index in [1.54, 1.807) is 0 Å². The van der Waals surface area contributed by atoms with E-state index >= 15 is 0 Å². The highest BCUT2D eigenvalue weighted by Gasteiger charge is 2.09. The molecule has 15 heavy (non-hydrogen) atoms. The lowest BCUT2D eigenvalue weighted by molar-refractivity contribution is -0.118. The summed E-state index contributed by atoms with van der Waals surface area (Å²) in [5.74, 6) is -0.139. The van der Waals surface area contributed by atoms with Gasteiger partial charge < -0.3 is 10.5 Å². The van der Waals surface area contributed by atoms with Gasteiger partial charge in [-0.2, -0.15) is 0 Å². The molecule has 0 bridgehead atoms. The Labute approximate surface area is 102 Å². The smallest absolute Gasteiger partial charge is 0.220 e. The van der Waals surface area contributed by atoms with E-state index in [0.717, 1.165) is 0 Å². The fourth-order valence-corrected chi connectivity index (χ4v) is 1.85. The van der Waals surface area contributed by atoms with Crippen molar-refractivity contribution in [2.75, 3.05) is 6.61 Å². The van der Waals surface area contributed by atoms with E-state index in [0.29, 0.717) is 20.8 Å².